The molecule has 0 amide bonds. The topological polar surface area (TPSA) is 38.9 Å². The molecule has 0 fully saturated rings. The van der Waals surface area contributed by atoms with Gasteiger partial charge in [0, 0.05) is 6.04 Å². The van der Waals surface area contributed by atoms with Crippen molar-refractivity contribution in [3.05, 3.63) is 42.0 Å². The summed E-state index contributed by atoms with van der Waals surface area (Å²) in [6, 6.07) is 2.87. The lowest BCUT2D eigenvalue weighted by Gasteiger charge is -2.10. The molecule has 1 rings (SSSR count). The second-order valence-corrected chi connectivity index (χ2v) is 3.50. The summed E-state index contributed by atoms with van der Waals surface area (Å²) in [4.78, 5) is 3.93. The van der Waals surface area contributed by atoms with Crippen LogP contribution in [-0.2, 0) is 0 Å². The lowest BCUT2D eigenvalue weighted by atomic mass is 10.1. The molecule has 1 atom stereocenters. The summed E-state index contributed by atoms with van der Waals surface area (Å²) >= 11 is 0. The van der Waals surface area contributed by atoms with Gasteiger partial charge in [0.25, 0.3) is 0 Å². The molecule has 2 N–H and O–H groups in total. The highest BCUT2D eigenvalue weighted by Crippen LogP contribution is 2.15. The summed E-state index contributed by atoms with van der Waals surface area (Å²) < 4.78 is 12.5. The number of hydrogen-bond donors (Lipinski definition) is 1. The second kappa shape index (κ2) is 4.86. The van der Waals surface area contributed by atoms with E-state index in [0.29, 0.717) is 0 Å². The van der Waals surface area contributed by atoms with Gasteiger partial charge in [-0.2, -0.15) is 0 Å². The third kappa shape index (κ3) is 3.26. The van der Waals surface area contributed by atoms with E-state index in [1.807, 2.05) is 6.92 Å². The van der Waals surface area contributed by atoms with Gasteiger partial charge in [0.2, 0.25) is 0 Å². The van der Waals surface area contributed by atoms with Gasteiger partial charge in [-0.3, -0.25) is 4.98 Å². The first-order valence-corrected chi connectivity index (χ1v) is 4.61. The molecule has 14 heavy (non-hydrogen) atoms. The Hall–Kier alpha value is -1.22. The monoisotopic (exact) mass is 194 g/mol. The van der Waals surface area contributed by atoms with Gasteiger partial charge in [0.05, 0.1) is 11.9 Å². The first kappa shape index (κ1) is 10.9. The number of halogens is 1. The lowest BCUT2D eigenvalue weighted by molar-refractivity contribution is 0.600. The van der Waals surface area contributed by atoms with Crippen LogP contribution in [0.5, 0.6) is 0 Å². The number of rotatable bonds is 4. The van der Waals surface area contributed by atoms with Crippen LogP contribution in [0.25, 0.3) is 0 Å². The van der Waals surface area contributed by atoms with Crippen LogP contribution < -0.4 is 5.73 Å². The van der Waals surface area contributed by atoms with E-state index < -0.39 is 0 Å². The molecule has 0 aliphatic heterocycles. The van der Waals surface area contributed by atoms with Gasteiger partial charge in [-0.05, 0) is 31.9 Å². The quantitative estimate of drug-likeness (QED) is 0.748. The van der Waals surface area contributed by atoms with E-state index in [9.17, 15) is 4.39 Å². The summed E-state index contributed by atoms with van der Waals surface area (Å²) in [7, 11) is 0. The minimum absolute atomic E-state index is 0.132. The smallest absolute Gasteiger partial charge is 0.141 e. The van der Waals surface area contributed by atoms with E-state index in [2.05, 4.69) is 11.6 Å². The Morgan fingerprint density at radius 1 is 1.64 bits per heavy atom. The average molecular weight is 194 g/mol. The van der Waals surface area contributed by atoms with Gasteiger partial charge < -0.3 is 5.73 Å². The molecule has 1 aromatic heterocycles. The third-order valence-electron chi connectivity index (χ3n) is 2.01. The van der Waals surface area contributed by atoms with E-state index in [1.54, 1.807) is 6.07 Å². The fraction of sp³-hybridized carbons (Fsp3) is 0.364. The summed E-state index contributed by atoms with van der Waals surface area (Å²) in [5, 5.41) is 0. The molecular formula is C11H15FN2. The maximum absolute atomic E-state index is 12.5. The predicted octanol–water partition coefficient (Wildman–Crippen LogP) is 2.58. The molecule has 1 unspecified atom stereocenters. The van der Waals surface area contributed by atoms with Crippen molar-refractivity contribution in [2.75, 3.05) is 0 Å². The molecular weight excluding hydrogens is 179 g/mol. The molecule has 0 radical (unpaired) electrons. The van der Waals surface area contributed by atoms with Gasteiger partial charge >= 0.3 is 0 Å². The van der Waals surface area contributed by atoms with Crippen LogP contribution in [0.2, 0.25) is 0 Å². The molecule has 3 heteroatoms. The Labute approximate surface area is 83.7 Å². The normalized spacial score (nSPS) is 12.5. The summed E-state index contributed by atoms with van der Waals surface area (Å²) in [5.41, 5.74) is 7.70. The van der Waals surface area contributed by atoms with Crippen molar-refractivity contribution in [3.63, 3.8) is 0 Å². The molecule has 0 aromatic carbocycles. The molecule has 1 heterocycles. The number of nitrogens with zero attached hydrogens (tertiary/aromatic N) is 1. The fourth-order valence-corrected chi connectivity index (χ4v) is 1.16. The van der Waals surface area contributed by atoms with E-state index in [4.69, 9.17) is 5.73 Å². The van der Waals surface area contributed by atoms with Crippen molar-refractivity contribution in [3.8, 4) is 0 Å². The predicted molar refractivity (Wildman–Crippen MR) is 55.2 cm³/mol. The molecule has 0 bridgehead atoms. The highest BCUT2D eigenvalue weighted by Gasteiger charge is 2.06. The average Bonchev–Trinajstić information content (AvgIpc) is 2.15. The Balaban J connectivity index is 2.56. The Morgan fingerprint density at radius 3 is 2.86 bits per heavy atom. The first-order valence-electron chi connectivity index (χ1n) is 4.61. The van der Waals surface area contributed by atoms with Crippen molar-refractivity contribution >= 4 is 0 Å². The number of allylic oxidation sites excluding steroid dienone is 1. The van der Waals surface area contributed by atoms with E-state index in [0.717, 1.165) is 24.1 Å². The number of pyridine rings is 1. The Kier molecular flexibility index (Phi) is 3.77. The molecule has 0 saturated heterocycles. The van der Waals surface area contributed by atoms with Crippen LogP contribution in [-0.4, -0.2) is 4.98 Å². The van der Waals surface area contributed by atoms with Crippen LogP contribution in [0.15, 0.2) is 30.5 Å². The molecule has 0 aliphatic carbocycles. The van der Waals surface area contributed by atoms with Crippen LogP contribution in [0.3, 0.4) is 0 Å². The maximum atomic E-state index is 12.5. The molecule has 1 aromatic rings. The standard InChI is InChI=1S/C11H15FN2/c1-8(2)3-5-10(13)11-6-4-9(12)7-14-11/h4,6-7,10H,1,3,5,13H2,2H3. The lowest BCUT2D eigenvalue weighted by Crippen LogP contribution is -2.11. The van der Waals surface area contributed by atoms with Crippen molar-refractivity contribution in [1.29, 1.82) is 0 Å². The number of hydrogen-bond acceptors (Lipinski definition) is 2. The minimum atomic E-state index is -0.333. The van der Waals surface area contributed by atoms with Gasteiger partial charge in [-0.25, -0.2) is 4.39 Å². The van der Waals surface area contributed by atoms with Crippen LogP contribution in [0, 0.1) is 5.82 Å². The van der Waals surface area contributed by atoms with Crippen LogP contribution >= 0.6 is 0 Å². The molecule has 0 saturated carbocycles. The molecule has 76 valence electrons. The van der Waals surface area contributed by atoms with Crippen molar-refractivity contribution < 1.29 is 4.39 Å². The van der Waals surface area contributed by atoms with Crippen molar-refractivity contribution in [2.24, 2.45) is 5.73 Å². The minimum Gasteiger partial charge on any atom is -0.323 e. The molecule has 0 spiro atoms. The van der Waals surface area contributed by atoms with Crippen molar-refractivity contribution in [2.45, 2.75) is 25.8 Å². The highest BCUT2D eigenvalue weighted by atomic mass is 19.1. The van der Waals surface area contributed by atoms with Gasteiger partial charge in [0.1, 0.15) is 5.82 Å². The second-order valence-electron chi connectivity index (χ2n) is 3.50. The van der Waals surface area contributed by atoms with Crippen molar-refractivity contribution in [1.82, 2.24) is 4.98 Å². The number of aromatic nitrogens is 1. The fourth-order valence-electron chi connectivity index (χ4n) is 1.16. The van der Waals surface area contributed by atoms with E-state index in [1.165, 1.54) is 12.3 Å². The Morgan fingerprint density at radius 2 is 2.36 bits per heavy atom. The summed E-state index contributed by atoms with van der Waals surface area (Å²) in [6.45, 7) is 5.76. The van der Waals surface area contributed by atoms with Gasteiger partial charge in [-0.15, -0.1) is 6.58 Å². The van der Waals surface area contributed by atoms with E-state index >= 15 is 0 Å². The zero-order valence-electron chi connectivity index (χ0n) is 8.33. The summed E-state index contributed by atoms with van der Waals surface area (Å²) in [5.74, 6) is -0.333. The Bertz CT molecular complexity index is 306. The zero-order valence-corrected chi connectivity index (χ0v) is 8.33. The zero-order chi connectivity index (χ0) is 10.6. The SMILES string of the molecule is C=C(C)CCC(N)c1ccc(F)cn1. The highest BCUT2D eigenvalue weighted by molar-refractivity contribution is 5.09. The molecule has 0 aliphatic rings. The van der Waals surface area contributed by atoms with Crippen LogP contribution in [0.4, 0.5) is 4.39 Å². The maximum Gasteiger partial charge on any atom is 0.141 e. The van der Waals surface area contributed by atoms with Gasteiger partial charge in [-0.1, -0.05) is 5.57 Å². The third-order valence-corrected chi connectivity index (χ3v) is 2.01. The largest absolute Gasteiger partial charge is 0.323 e. The molecule has 2 nitrogen and oxygen atoms in total. The van der Waals surface area contributed by atoms with Crippen LogP contribution in [0.1, 0.15) is 31.5 Å². The summed E-state index contributed by atoms with van der Waals surface area (Å²) in [6.07, 6.45) is 2.87. The van der Waals surface area contributed by atoms with Gasteiger partial charge in [0.15, 0.2) is 0 Å². The van der Waals surface area contributed by atoms with E-state index in [-0.39, 0.29) is 11.9 Å². The number of nitrogens with two attached hydrogens (primary N) is 1. The first-order chi connectivity index (χ1) is 6.59.